The Balaban J connectivity index is 1.56. The SMILES string of the molecule is CC(C)C[C@@H]1CN(C(=O)[C@H](N)Cc2ccc(Cl)cc2Cl)[C@@H](CCCNC(=N)N)C(=O)N1CCc1ccc2ccccc2c1. The second-order valence-electron chi connectivity index (χ2n) is 11.8. The summed E-state index contributed by atoms with van der Waals surface area (Å²) in [5.41, 5.74) is 13.8. The molecule has 0 saturated carbocycles. The van der Waals surface area contributed by atoms with Gasteiger partial charge in [0.2, 0.25) is 11.8 Å². The predicted octanol–water partition coefficient (Wildman–Crippen LogP) is 4.98. The van der Waals surface area contributed by atoms with E-state index in [1.807, 2.05) is 17.0 Å². The molecule has 3 atom stereocenters. The van der Waals surface area contributed by atoms with E-state index in [2.05, 4.69) is 49.5 Å². The smallest absolute Gasteiger partial charge is 0.245 e. The van der Waals surface area contributed by atoms with Crippen molar-refractivity contribution >= 4 is 51.7 Å². The Hall–Kier alpha value is -3.33. The van der Waals surface area contributed by atoms with Crippen LogP contribution in [0, 0.1) is 11.3 Å². The molecule has 2 amide bonds. The van der Waals surface area contributed by atoms with Gasteiger partial charge < -0.3 is 26.6 Å². The lowest BCUT2D eigenvalue weighted by Gasteiger charge is -2.47. The number of piperazine rings is 1. The number of halogens is 2. The van der Waals surface area contributed by atoms with Crippen LogP contribution in [0.1, 0.15) is 44.2 Å². The van der Waals surface area contributed by atoms with Crippen LogP contribution in [-0.4, -0.2) is 65.3 Å². The van der Waals surface area contributed by atoms with Gasteiger partial charge >= 0.3 is 0 Å². The summed E-state index contributed by atoms with van der Waals surface area (Å²) in [4.78, 5) is 31.8. The molecule has 0 spiro atoms. The third-order valence-corrected chi connectivity index (χ3v) is 8.60. The van der Waals surface area contributed by atoms with Crippen molar-refractivity contribution in [1.82, 2.24) is 15.1 Å². The second kappa shape index (κ2) is 14.9. The van der Waals surface area contributed by atoms with Crippen LogP contribution in [0.2, 0.25) is 10.0 Å². The number of nitrogens with two attached hydrogens (primary N) is 2. The van der Waals surface area contributed by atoms with E-state index < -0.39 is 12.1 Å². The van der Waals surface area contributed by atoms with Crippen molar-refractivity contribution in [2.75, 3.05) is 19.6 Å². The molecular formula is C33H42Cl2N6O2. The van der Waals surface area contributed by atoms with Crippen molar-refractivity contribution in [3.63, 3.8) is 0 Å². The van der Waals surface area contributed by atoms with Gasteiger partial charge in [-0.3, -0.25) is 15.0 Å². The van der Waals surface area contributed by atoms with Crippen molar-refractivity contribution in [2.24, 2.45) is 17.4 Å². The number of fused-ring (bicyclic) bond motifs is 1. The molecule has 1 fully saturated rings. The Kier molecular flexibility index (Phi) is 11.3. The molecule has 8 nitrogen and oxygen atoms in total. The van der Waals surface area contributed by atoms with Gasteiger partial charge in [0, 0.05) is 35.7 Å². The molecule has 0 radical (unpaired) electrons. The van der Waals surface area contributed by atoms with Crippen LogP contribution in [0.15, 0.2) is 60.7 Å². The molecule has 1 aliphatic heterocycles. The van der Waals surface area contributed by atoms with Crippen LogP contribution in [0.3, 0.4) is 0 Å². The lowest BCUT2D eigenvalue weighted by atomic mass is 9.93. The summed E-state index contributed by atoms with van der Waals surface area (Å²) >= 11 is 12.4. The highest BCUT2D eigenvalue weighted by Crippen LogP contribution is 2.27. The van der Waals surface area contributed by atoms with Crippen molar-refractivity contribution in [3.05, 3.63) is 81.8 Å². The molecule has 3 aromatic carbocycles. The number of carbonyl (C=O) groups is 2. The highest BCUT2D eigenvalue weighted by Gasteiger charge is 2.43. The first kappa shape index (κ1) is 32.6. The minimum Gasteiger partial charge on any atom is -0.370 e. The highest BCUT2D eigenvalue weighted by molar-refractivity contribution is 6.35. The van der Waals surface area contributed by atoms with Gasteiger partial charge in [-0.25, -0.2) is 0 Å². The number of nitrogens with one attached hydrogen (secondary N) is 2. The molecule has 3 aromatic rings. The largest absolute Gasteiger partial charge is 0.370 e. The zero-order chi connectivity index (χ0) is 31.1. The molecule has 0 bridgehead atoms. The fourth-order valence-electron chi connectivity index (χ4n) is 5.91. The zero-order valence-corrected chi connectivity index (χ0v) is 26.4. The summed E-state index contributed by atoms with van der Waals surface area (Å²) in [6, 6.07) is 18.2. The number of rotatable bonds is 12. The quantitative estimate of drug-likeness (QED) is 0.128. The fraction of sp³-hybridized carbons (Fsp3) is 0.424. The first-order chi connectivity index (χ1) is 20.5. The Morgan fingerprint density at radius 2 is 1.84 bits per heavy atom. The summed E-state index contributed by atoms with van der Waals surface area (Å²) in [6.07, 6.45) is 2.71. The van der Waals surface area contributed by atoms with Crippen molar-refractivity contribution < 1.29 is 9.59 Å². The van der Waals surface area contributed by atoms with Crippen molar-refractivity contribution in [2.45, 2.75) is 64.1 Å². The van der Waals surface area contributed by atoms with E-state index in [1.165, 1.54) is 10.8 Å². The number of carbonyl (C=O) groups excluding carboxylic acids is 2. The fourth-order valence-corrected chi connectivity index (χ4v) is 6.39. The third-order valence-electron chi connectivity index (χ3n) is 8.02. The van der Waals surface area contributed by atoms with E-state index >= 15 is 0 Å². The number of guanidine groups is 1. The molecule has 0 aliphatic carbocycles. The number of hydrogen-bond donors (Lipinski definition) is 4. The van der Waals surface area contributed by atoms with Gasteiger partial charge in [0.05, 0.1) is 6.04 Å². The van der Waals surface area contributed by atoms with E-state index in [9.17, 15) is 9.59 Å². The normalized spacial score (nSPS) is 17.9. The molecular weight excluding hydrogens is 583 g/mol. The van der Waals surface area contributed by atoms with Gasteiger partial charge in [-0.15, -0.1) is 0 Å². The van der Waals surface area contributed by atoms with Crippen LogP contribution < -0.4 is 16.8 Å². The molecule has 1 aliphatic rings. The average molecular weight is 626 g/mol. The third kappa shape index (κ3) is 8.62. The van der Waals surface area contributed by atoms with Gasteiger partial charge in [-0.2, -0.15) is 0 Å². The van der Waals surface area contributed by atoms with E-state index in [1.54, 1.807) is 23.1 Å². The topological polar surface area (TPSA) is 129 Å². The monoisotopic (exact) mass is 624 g/mol. The maximum atomic E-state index is 14.2. The minimum atomic E-state index is -0.867. The minimum absolute atomic E-state index is 0.0643. The van der Waals surface area contributed by atoms with Gasteiger partial charge in [-0.1, -0.05) is 85.6 Å². The van der Waals surface area contributed by atoms with Crippen LogP contribution in [0.5, 0.6) is 0 Å². The molecule has 4 rings (SSSR count). The maximum absolute atomic E-state index is 14.2. The zero-order valence-electron chi connectivity index (χ0n) is 24.9. The first-order valence-electron chi connectivity index (χ1n) is 14.9. The van der Waals surface area contributed by atoms with Crippen LogP contribution in [0.25, 0.3) is 10.8 Å². The lowest BCUT2D eigenvalue weighted by molar-refractivity contribution is -0.157. The molecule has 1 saturated heterocycles. The number of nitrogens with zero attached hydrogens (tertiary/aromatic N) is 2. The lowest BCUT2D eigenvalue weighted by Crippen LogP contribution is -2.65. The molecule has 43 heavy (non-hydrogen) atoms. The predicted molar refractivity (Wildman–Crippen MR) is 175 cm³/mol. The van der Waals surface area contributed by atoms with Crippen LogP contribution in [-0.2, 0) is 22.4 Å². The molecule has 0 aromatic heterocycles. The maximum Gasteiger partial charge on any atom is 0.245 e. The Morgan fingerprint density at radius 3 is 2.53 bits per heavy atom. The molecule has 230 valence electrons. The van der Waals surface area contributed by atoms with E-state index in [-0.39, 0.29) is 30.2 Å². The standard InChI is InChI=1S/C33H42Cl2N6O2/c1-21(2)16-27-20-41(31(42)29(36)18-25-11-12-26(34)19-28(25)35)30(8-5-14-39-33(37)38)32(43)40(27)15-13-22-9-10-23-6-3-4-7-24(23)17-22/h3-4,6-7,9-12,17,19,21,27,29-30H,5,8,13-16,18,20,36H2,1-2H3,(H4,37,38,39)/t27-,29-,30+/m1/s1. The van der Waals surface area contributed by atoms with Gasteiger partial charge in [-0.05, 0) is 72.1 Å². The number of amides is 2. The van der Waals surface area contributed by atoms with Crippen LogP contribution in [0.4, 0.5) is 0 Å². The Labute approximate surface area is 264 Å². The summed E-state index contributed by atoms with van der Waals surface area (Å²) in [5, 5.41) is 13.6. The van der Waals surface area contributed by atoms with Crippen molar-refractivity contribution in [1.29, 1.82) is 5.41 Å². The second-order valence-corrected chi connectivity index (χ2v) is 12.6. The van der Waals surface area contributed by atoms with E-state index in [4.69, 9.17) is 40.1 Å². The first-order valence-corrected chi connectivity index (χ1v) is 15.6. The van der Waals surface area contributed by atoms with Gasteiger partial charge in [0.1, 0.15) is 6.04 Å². The van der Waals surface area contributed by atoms with E-state index in [0.717, 1.165) is 17.5 Å². The van der Waals surface area contributed by atoms with E-state index in [0.29, 0.717) is 54.9 Å². The summed E-state index contributed by atoms with van der Waals surface area (Å²) < 4.78 is 0. The molecule has 10 heteroatoms. The molecule has 6 N–H and O–H groups in total. The van der Waals surface area contributed by atoms with Crippen molar-refractivity contribution in [3.8, 4) is 0 Å². The highest BCUT2D eigenvalue weighted by atomic mass is 35.5. The number of hydrogen-bond acceptors (Lipinski definition) is 4. The summed E-state index contributed by atoms with van der Waals surface area (Å²) in [5.74, 6) is -0.132. The number of benzene rings is 3. The Morgan fingerprint density at radius 1 is 1.09 bits per heavy atom. The van der Waals surface area contributed by atoms with Gasteiger partial charge in [0.15, 0.2) is 5.96 Å². The average Bonchev–Trinajstić information content (AvgIpc) is 2.96. The van der Waals surface area contributed by atoms with Crippen LogP contribution >= 0.6 is 23.2 Å². The summed E-state index contributed by atoms with van der Waals surface area (Å²) in [6.45, 7) is 5.66. The summed E-state index contributed by atoms with van der Waals surface area (Å²) in [7, 11) is 0. The molecule has 0 unspecified atom stereocenters. The van der Waals surface area contributed by atoms with Gasteiger partial charge in [0.25, 0.3) is 0 Å². The molecule has 1 heterocycles. The Bertz CT molecular complexity index is 1450.